The Kier molecular flexibility index (Phi) is 4.33. The van der Waals surface area contributed by atoms with Crippen LogP contribution in [0.2, 0.25) is 0 Å². The van der Waals surface area contributed by atoms with Crippen LogP contribution in [0.5, 0.6) is 0 Å². The van der Waals surface area contributed by atoms with E-state index in [0.29, 0.717) is 0 Å². The molecule has 0 radical (unpaired) electrons. The number of hydrogen-bond donors (Lipinski definition) is 2. The van der Waals surface area contributed by atoms with Crippen molar-refractivity contribution in [1.29, 1.82) is 0 Å². The first-order valence-corrected chi connectivity index (χ1v) is 9.72. The Balaban J connectivity index is 1.57. The minimum Gasteiger partial charge on any atom is -0.347 e. The molecule has 1 aromatic carbocycles. The summed E-state index contributed by atoms with van der Waals surface area (Å²) in [7, 11) is 0. The quantitative estimate of drug-likeness (QED) is 0.878. The first kappa shape index (κ1) is 16.7. The minimum atomic E-state index is -0.706. The van der Waals surface area contributed by atoms with Crippen LogP contribution in [0.15, 0.2) is 24.3 Å². The zero-order chi connectivity index (χ0) is 17.4. The molecule has 0 saturated heterocycles. The van der Waals surface area contributed by atoms with Crippen LogP contribution in [0.1, 0.15) is 55.1 Å². The average Bonchev–Trinajstić information content (AvgIpc) is 3.23. The van der Waals surface area contributed by atoms with E-state index in [4.69, 9.17) is 10.7 Å². The molecule has 4 nitrogen and oxygen atoms in total. The standard InChI is InChI=1S/C19H22FN3OS/c20-13-8-6-12(7-9-13)17-22-14-4-3-5-15(16(14)25-17)23-18(24)19(21)10-1-2-11-19/h6-9,15H,1-5,10-11,21H2,(H,23,24). The van der Waals surface area contributed by atoms with E-state index in [2.05, 4.69) is 5.32 Å². The molecule has 2 aliphatic carbocycles. The van der Waals surface area contributed by atoms with Gasteiger partial charge in [0.1, 0.15) is 10.8 Å². The van der Waals surface area contributed by atoms with Crippen molar-refractivity contribution in [2.75, 3.05) is 0 Å². The van der Waals surface area contributed by atoms with Gasteiger partial charge in [0.25, 0.3) is 0 Å². The van der Waals surface area contributed by atoms with Gasteiger partial charge in [0, 0.05) is 5.56 Å². The van der Waals surface area contributed by atoms with Gasteiger partial charge in [-0.2, -0.15) is 0 Å². The third-order valence-corrected chi connectivity index (χ3v) is 6.56. The second kappa shape index (κ2) is 6.50. The Morgan fingerprint density at radius 1 is 1.24 bits per heavy atom. The molecule has 1 saturated carbocycles. The zero-order valence-electron chi connectivity index (χ0n) is 14.1. The van der Waals surface area contributed by atoms with Crippen molar-refractivity contribution in [3.8, 4) is 10.6 Å². The molecule has 6 heteroatoms. The number of amides is 1. The van der Waals surface area contributed by atoms with E-state index in [0.717, 1.165) is 66.1 Å². The van der Waals surface area contributed by atoms with Crippen LogP contribution in [-0.4, -0.2) is 16.4 Å². The molecule has 0 spiro atoms. The van der Waals surface area contributed by atoms with Crippen molar-refractivity contribution in [3.63, 3.8) is 0 Å². The van der Waals surface area contributed by atoms with E-state index in [-0.39, 0.29) is 17.8 Å². The number of nitrogens with two attached hydrogens (primary N) is 1. The number of carbonyl (C=O) groups is 1. The second-order valence-corrected chi connectivity index (χ2v) is 8.15. The van der Waals surface area contributed by atoms with Gasteiger partial charge in [-0.3, -0.25) is 4.79 Å². The molecule has 2 aromatic rings. The molecular weight excluding hydrogens is 337 g/mol. The number of nitrogens with one attached hydrogen (secondary N) is 1. The fourth-order valence-electron chi connectivity index (χ4n) is 3.81. The molecule has 0 bridgehead atoms. The Morgan fingerprint density at radius 2 is 1.96 bits per heavy atom. The number of halogens is 1. The van der Waals surface area contributed by atoms with Crippen molar-refractivity contribution >= 4 is 17.2 Å². The molecule has 1 unspecified atom stereocenters. The highest BCUT2D eigenvalue weighted by molar-refractivity contribution is 7.15. The number of fused-ring (bicyclic) bond motifs is 1. The van der Waals surface area contributed by atoms with E-state index < -0.39 is 5.54 Å². The minimum absolute atomic E-state index is 0.0102. The summed E-state index contributed by atoms with van der Waals surface area (Å²) < 4.78 is 13.1. The maximum atomic E-state index is 13.1. The lowest BCUT2D eigenvalue weighted by molar-refractivity contribution is -0.127. The normalized spacial score (nSPS) is 21.8. The SMILES string of the molecule is NC1(C(=O)NC2CCCc3nc(-c4ccc(F)cc4)sc32)CCCC1. The van der Waals surface area contributed by atoms with Gasteiger partial charge >= 0.3 is 0 Å². The lowest BCUT2D eigenvalue weighted by Gasteiger charge is -2.28. The highest BCUT2D eigenvalue weighted by atomic mass is 32.1. The summed E-state index contributed by atoms with van der Waals surface area (Å²) in [4.78, 5) is 18.5. The molecule has 1 aromatic heterocycles. The lowest BCUT2D eigenvalue weighted by atomic mass is 9.94. The number of aromatic nitrogens is 1. The molecule has 1 heterocycles. The highest BCUT2D eigenvalue weighted by Gasteiger charge is 2.39. The van der Waals surface area contributed by atoms with Crippen molar-refractivity contribution in [1.82, 2.24) is 10.3 Å². The summed E-state index contributed by atoms with van der Waals surface area (Å²) >= 11 is 1.60. The van der Waals surface area contributed by atoms with Crippen molar-refractivity contribution < 1.29 is 9.18 Å². The Labute approximate surface area is 150 Å². The van der Waals surface area contributed by atoms with E-state index in [9.17, 15) is 9.18 Å². The summed E-state index contributed by atoms with van der Waals surface area (Å²) in [5.41, 5.74) is 7.55. The molecule has 1 atom stereocenters. The van der Waals surface area contributed by atoms with Crippen LogP contribution >= 0.6 is 11.3 Å². The van der Waals surface area contributed by atoms with Crippen LogP contribution in [0.3, 0.4) is 0 Å². The summed E-state index contributed by atoms with van der Waals surface area (Å²) in [5, 5.41) is 4.06. The number of thiazole rings is 1. The molecule has 1 fully saturated rings. The van der Waals surface area contributed by atoms with E-state index in [1.165, 1.54) is 12.1 Å². The third kappa shape index (κ3) is 3.20. The maximum Gasteiger partial charge on any atom is 0.240 e. The summed E-state index contributed by atoms with van der Waals surface area (Å²) in [6.07, 6.45) is 6.42. The van der Waals surface area contributed by atoms with Gasteiger partial charge in [0.15, 0.2) is 0 Å². The van der Waals surface area contributed by atoms with Gasteiger partial charge < -0.3 is 11.1 Å². The number of carbonyl (C=O) groups excluding carboxylic acids is 1. The van der Waals surface area contributed by atoms with Crippen molar-refractivity contribution in [2.24, 2.45) is 5.73 Å². The topological polar surface area (TPSA) is 68.0 Å². The second-order valence-electron chi connectivity index (χ2n) is 7.12. The number of hydrogen-bond acceptors (Lipinski definition) is 4. The van der Waals surface area contributed by atoms with Gasteiger partial charge in [-0.05, 0) is 56.4 Å². The molecule has 4 rings (SSSR count). The van der Waals surface area contributed by atoms with Crippen LogP contribution in [-0.2, 0) is 11.2 Å². The largest absolute Gasteiger partial charge is 0.347 e. The number of benzene rings is 1. The molecule has 132 valence electrons. The van der Waals surface area contributed by atoms with Crippen molar-refractivity contribution in [2.45, 2.75) is 56.5 Å². The molecule has 2 aliphatic rings. The average molecular weight is 359 g/mol. The van der Waals surface area contributed by atoms with Crippen LogP contribution in [0.25, 0.3) is 10.6 Å². The Morgan fingerprint density at radius 3 is 2.68 bits per heavy atom. The fourth-order valence-corrected chi connectivity index (χ4v) is 5.01. The van der Waals surface area contributed by atoms with Gasteiger partial charge in [0.2, 0.25) is 5.91 Å². The number of aryl methyl sites for hydroxylation is 1. The molecule has 0 aliphatic heterocycles. The maximum absolute atomic E-state index is 13.1. The van der Waals surface area contributed by atoms with E-state index in [1.807, 2.05) is 0 Å². The summed E-state index contributed by atoms with van der Waals surface area (Å²) in [5.74, 6) is -0.278. The van der Waals surface area contributed by atoms with Gasteiger partial charge in [-0.15, -0.1) is 11.3 Å². The summed E-state index contributed by atoms with van der Waals surface area (Å²) in [6.45, 7) is 0. The van der Waals surface area contributed by atoms with Crippen LogP contribution in [0, 0.1) is 5.82 Å². The monoisotopic (exact) mass is 359 g/mol. The predicted molar refractivity (Wildman–Crippen MR) is 96.7 cm³/mol. The molecule has 3 N–H and O–H groups in total. The molecule has 1 amide bonds. The Bertz CT molecular complexity index is 780. The van der Waals surface area contributed by atoms with Gasteiger partial charge in [0.05, 0.1) is 22.2 Å². The number of nitrogens with zero attached hydrogens (tertiary/aromatic N) is 1. The fraction of sp³-hybridized carbons (Fsp3) is 0.474. The lowest BCUT2D eigenvalue weighted by Crippen LogP contribution is -2.52. The Hall–Kier alpha value is -1.79. The first-order chi connectivity index (χ1) is 12.0. The molecule has 25 heavy (non-hydrogen) atoms. The third-order valence-electron chi connectivity index (χ3n) is 5.29. The van der Waals surface area contributed by atoms with Crippen molar-refractivity contribution in [3.05, 3.63) is 40.7 Å². The van der Waals surface area contributed by atoms with Gasteiger partial charge in [-0.1, -0.05) is 12.8 Å². The van der Waals surface area contributed by atoms with Crippen LogP contribution < -0.4 is 11.1 Å². The highest BCUT2D eigenvalue weighted by Crippen LogP contribution is 2.38. The van der Waals surface area contributed by atoms with E-state index >= 15 is 0 Å². The predicted octanol–water partition coefficient (Wildman–Crippen LogP) is 3.71. The van der Waals surface area contributed by atoms with E-state index in [1.54, 1.807) is 23.5 Å². The van der Waals surface area contributed by atoms with Crippen LogP contribution in [0.4, 0.5) is 4.39 Å². The number of rotatable bonds is 3. The summed E-state index contributed by atoms with van der Waals surface area (Å²) in [6, 6.07) is 6.39. The molecular formula is C19H22FN3OS. The zero-order valence-corrected chi connectivity index (χ0v) is 14.9. The first-order valence-electron chi connectivity index (χ1n) is 8.90. The van der Waals surface area contributed by atoms with Gasteiger partial charge in [-0.25, -0.2) is 9.37 Å². The smallest absolute Gasteiger partial charge is 0.240 e.